The molecule has 5 nitrogen and oxygen atoms in total. The quantitative estimate of drug-likeness (QED) is 0.766. The maximum atomic E-state index is 14.0. The summed E-state index contributed by atoms with van der Waals surface area (Å²) >= 11 is 0. The number of fused-ring (bicyclic) bond motifs is 2. The van der Waals surface area contributed by atoms with Crippen molar-refractivity contribution < 1.29 is 13.9 Å². The third kappa shape index (κ3) is 2.87. The Labute approximate surface area is 150 Å². The number of benzene rings is 2. The number of nitrogens with one attached hydrogen (secondary N) is 1. The molecule has 1 amide bonds. The summed E-state index contributed by atoms with van der Waals surface area (Å²) in [7, 11) is 0. The fourth-order valence-corrected chi connectivity index (χ4v) is 3.20. The maximum Gasteiger partial charge on any atom is 0.254 e. The maximum absolute atomic E-state index is 14.0. The highest BCUT2D eigenvalue weighted by Crippen LogP contribution is 2.32. The lowest BCUT2D eigenvalue weighted by Crippen LogP contribution is -2.32. The molecule has 1 N–H and O–H groups in total. The fourth-order valence-electron chi connectivity index (χ4n) is 3.20. The Kier molecular flexibility index (Phi) is 4.03. The lowest BCUT2D eigenvalue weighted by atomic mass is 10.00. The zero-order valence-electron chi connectivity index (χ0n) is 14.5. The molecule has 1 atom stereocenters. The van der Waals surface area contributed by atoms with Gasteiger partial charge >= 0.3 is 0 Å². The van der Waals surface area contributed by atoms with Crippen molar-refractivity contribution in [2.75, 3.05) is 6.61 Å². The van der Waals surface area contributed by atoms with Crippen molar-refractivity contribution in [3.05, 3.63) is 64.7 Å². The van der Waals surface area contributed by atoms with E-state index >= 15 is 0 Å². The van der Waals surface area contributed by atoms with E-state index in [1.54, 1.807) is 0 Å². The molecule has 3 aromatic rings. The fraction of sp³-hybridized carbons (Fsp3) is 0.250. The lowest BCUT2D eigenvalue weighted by Gasteiger charge is -2.26. The first-order valence-corrected chi connectivity index (χ1v) is 8.50. The highest BCUT2D eigenvalue weighted by molar-refractivity contribution is 6.05. The average molecular weight is 351 g/mol. The van der Waals surface area contributed by atoms with Crippen LogP contribution >= 0.6 is 0 Å². The molecule has 0 saturated heterocycles. The predicted molar refractivity (Wildman–Crippen MR) is 95.7 cm³/mol. The van der Waals surface area contributed by atoms with E-state index in [0.717, 1.165) is 17.0 Å². The van der Waals surface area contributed by atoms with Gasteiger partial charge in [-0.15, -0.1) is 0 Å². The van der Waals surface area contributed by atoms with Crippen LogP contribution in [0.4, 0.5) is 4.39 Å². The van der Waals surface area contributed by atoms with Gasteiger partial charge in [-0.1, -0.05) is 18.2 Å². The topological polar surface area (TPSA) is 64.1 Å². The first kappa shape index (κ1) is 16.4. The smallest absolute Gasteiger partial charge is 0.254 e. The number of amides is 1. The van der Waals surface area contributed by atoms with Gasteiger partial charge in [-0.05, 0) is 26.0 Å². The van der Waals surface area contributed by atoms with Crippen LogP contribution in [0.2, 0.25) is 0 Å². The Morgan fingerprint density at radius 3 is 2.81 bits per heavy atom. The summed E-state index contributed by atoms with van der Waals surface area (Å²) in [5.41, 5.74) is 3.34. The summed E-state index contributed by atoms with van der Waals surface area (Å²) in [5, 5.41) is 2.99. The standard InChI is InChI=1S/C20H18FN3O2/c1-11-12(2)23-19-15(9-13(21)10-17(19)22-11)20(25)24-16-7-8-26-18-6-4-3-5-14(16)18/h3-6,9-10,16H,7-8H2,1-2H3,(H,24,25). The minimum Gasteiger partial charge on any atom is -0.493 e. The Morgan fingerprint density at radius 2 is 1.96 bits per heavy atom. The van der Waals surface area contributed by atoms with Crippen molar-refractivity contribution in [1.29, 1.82) is 0 Å². The molecule has 0 fully saturated rings. The lowest BCUT2D eigenvalue weighted by molar-refractivity contribution is 0.0926. The van der Waals surface area contributed by atoms with Gasteiger partial charge in [-0.3, -0.25) is 4.79 Å². The number of para-hydroxylation sites is 1. The van der Waals surface area contributed by atoms with E-state index in [0.29, 0.717) is 29.8 Å². The number of aromatic nitrogens is 2. The monoisotopic (exact) mass is 351 g/mol. The van der Waals surface area contributed by atoms with Gasteiger partial charge in [0.05, 0.1) is 35.1 Å². The summed E-state index contributed by atoms with van der Waals surface area (Å²) in [4.78, 5) is 21.7. The SMILES string of the molecule is Cc1nc2cc(F)cc(C(=O)NC3CCOc4ccccc43)c2nc1C. The zero-order chi connectivity index (χ0) is 18.3. The van der Waals surface area contributed by atoms with Crippen LogP contribution in [-0.2, 0) is 0 Å². The molecule has 26 heavy (non-hydrogen) atoms. The van der Waals surface area contributed by atoms with Crippen LogP contribution in [0.5, 0.6) is 5.75 Å². The van der Waals surface area contributed by atoms with E-state index in [2.05, 4.69) is 15.3 Å². The molecule has 1 aromatic heterocycles. The van der Waals surface area contributed by atoms with Gasteiger partial charge < -0.3 is 10.1 Å². The van der Waals surface area contributed by atoms with E-state index in [1.807, 2.05) is 38.1 Å². The molecule has 132 valence electrons. The second-order valence-electron chi connectivity index (χ2n) is 6.42. The van der Waals surface area contributed by atoms with E-state index < -0.39 is 5.82 Å². The molecule has 0 spiro atoms. The van der Waals surface area contributed by atoms with Crippen molar-refractivity contribution in [1.82, 2.24) is 15.3 Å². The third-order valence-electron chi connectivity index (χ3n) is 4.65. The first-order chi connectivity index (χ1) is 12.5. The van der Waals surface area contributed by atoms with Gasteiger partial charge in [-0.2, -0.15) is 0 Å². The molecular weight excluding hydrogens is 333 g/mol. The average Bonchev–Trinajstić information content (AvgIpc) is 2.63. The second-order valence-corrected chi connectivity index (χ2v) is 6.42. The van der Waals surface area contributed by atoms with E-state index in [4.69, 9.17) is 4.74 Å². The van der Waals surface area contributed by atoms with Crippen LogP contribution in [0, 0.1) is 19.7 Å². The van der Waals surface area contributed by atoms with Gasteiger partial charge in [0.2, 0.25) is 0 Å². The molecule has 1 unspecified atom stereocenters. The highest BCUT2D eigenvalue weighted by Gasteiger charge is 2.24. The van der Waals surface area contributed by atoms with Crippen molar-refractivity contribution in [3.8, 4) is 5.75 Å². The first-order valence-electron chi connectivity index (χ1n) is 8.50. The number of ether oxygens (including phenoxy) is 1. The predicted octanol–water partition coefficient (Wildman–Crippen LogP) is 3.64. The van der Waals surface area contributed by atoms with Crippen molar-refractivity contribution in [2.45, 2.75) is 26.3 Å². The van der Waals surface area contributed by atoms with Crippen molar-refractivity contribution >= 4 is 16.9 Å². The van der Waals surface area contributed by atoms with E-state index in [-0.39, 0.29) is 17.5 Å². The Bertz CT molecular complexity index is 1020. The minimum absolute atomic E-state index is 0.190. The second kappa shape index (κ2) is 6.37. The van der Waals surface area contributed by atoms with Crippen molar-refractivity contribution in [2.24, 2.45) is 0 Å². The van der Waals surface area contributed by atoms with Gasteiger partial charge in [0, 0.05) is 18.1 Å². The number of carbonyl (C=O) groups excluding carboxylic acids is 1. The number of halogens is 1. The summed E-state index contributed by atoms with van der Waals surface area (Å²) in [5.74, 6) is -0.110. The summed E-state index contributed by atoms with van der Waals surface area (Å²) in [6.07, 6.45) is 0.653. The molecule has 6 heteroatoms. The van der Waals surface area contributed by atoms with Gasteiger partial charge in [0.15, 0.2) is 0 Å². The highest BCUT2D eigenvalue weighted by atomic mass is 19.1. The molecule has 1 aliphatic heterocycles. The Hall–Kier alpha value is -3.02. The molecule has 0 bridgehead atoms. The zero-order valence-corrected chi connectivity index (χ0v) is 14.5. The Morgan fingerprint density at radius 1 is 1.19 bits per heavy atom. The number of hydrogen-bond acceptors (Lipinski definition) is 4. The van der Waals surface area contributed by atoms with Crippen LogP contribution in [0.15, 0.2) is 36.4 Å². The molecular formula is C20H18FN3O2. The third-order valence-corrected chi connectivity index (χ3v) is 4.65. The van der Waals surface area contributed by atoms with Crippen LogP contribution < -0.4 is 10.1 Å². The number of hydrogen-bond donors (Lipinski definition) is 1. The number of nitrogens with zero attached hydrogens (tertiary/aromatic N) is 2. The largest absolute Gasteiger partial charge is 0.493 e. The summed E-state index contributed by atoms with van der Waals surface area (Å²) in [6.45, 7) is 4.15. The van der Waals surface area contributed by atoms with Crippen LogP contribution in [0.3, 0.4) is 0 Å². The van der Waals surface area contributed by atoms with E-state index in [1.165, 1.54) is 12.1 Å². The minimum atomic E-state index is -0.507. The Balaban J connectivity index is 1.72. The molecule has 2 aromatic carbocycles. The molecule has 0 radical (unpaired) electrons. The van der Waals surface area contributed by atoms with Gasteiger partial charge in [-0.25, -0.2) is 14.4 Å². The summed E-state index contributed by atoms with van der Waals surface area (Å²) < 4.78 is 19.7. The van der Waals surface area contributed by atoms with Crippen LogP contribution in [-0.4, -0.2) is 22.5 Å². The molecule has 4 rings (SSSR count). The van der Waals surface area contributed by atoms with Crippen LogP contribution in [0.25, 0.3) is 11.0 Å². The van der Waals surface area contributed by atoms with Crippen LogP contribution in [0.1, 0.15) is 39.8 Å². The normalized spacial score (nSPS) is 16.0. The molecule has 2 heterocycles. The van der Waals surface area contributed by atoms with Gasteiger partial charge in [0.25, 0.3) is 5.91 Å². The van der Waals surface area contributed by atoms with Gasteiger partial charge in [0.1, 0.15) is 17.1 Å². The van der Waals surface area contributed by atoms with E-state index in [9.17, 15) is 9.18 Å². The number of rotatable bonds is 2. The molecule has 0 saturated carbocycles. The molecule has 1 aliphatic rings. The van der Waals surface area contributed by atoms with Crippen molar-refractivity contribution in [3.63, 3.8) is 0 Å². The molecule has 0 aliphatic carbocycles. The summed E-state index contributed by atoms with van der Waals surface area (Å²) in [6, 6.07) is 9.93. The number of aryl methyl sites for hydroxylation is 2. The number of carbonyl (C=O) groups is 1.